The van der Waals surface area contributed by atoms with Crippen LogP contribution in [0, 0.1) is 6.92 Å². The normalized spacial score (nSPS) is 12.9. The molecule has 2 N–H and O–H groups in total. The minimum atomic E-state index is -1.91. The molecule has 2 atom stereocenters. The van der Waals surface area contributed by atoms with Crippen molar-refractivity contribution >= 4 is 31.2 Å². The Morgan fingerprint density at radius 1 is 1.12 bits per heavy atom. The highest BCUT2D eigenvalue weighted by molar-refractivity contribution is 7.39. The summed E-state index contributed by atoms with van der Waals surface area (Å²) in [6.07, 6.45) is -0.653. The summed E-state index contributed by atoms with van der Waals surface area (Å²) in [5.74, 6) is 0. The minimum absolute atomic E-state index is 0.0928. The molecule has 0 aromatic heterocycles. The topological polar surface area (TPSA) is 58.6 Å². The quantitative estimate of drug-likeness (QED) is 0.598. The van der Waals surface area contributed by atoms with Gasteiger partial charge in [0.25, 0.3) is 0 Å². The molecule has 25 heavy (non-hydrogen) atoms. The number of halogens is 2. The Bertz CT molecular complexity index is 710. The molecule has 4 nitrogen and oxygen atoms in total. The van der Waals surface area contributed by atoms with E-state index in [1.54, 1.807) is 12.1 Å². The molecule has 0 aliphatic rings. The zero-order valence-corrected chi connectivity index (χ0v) is 16.3. The van der Waals surface area contributed by atoms with Crippen molar-refractivity contribution in [2.45, 2.75) is 26.2 Å². The number of aryl methyl sites for hydroxylation is 1. The predicted octanol–water partition coefficient (Wildman–Crippen LogP) is 4.71. The number of hydrogen-bond acceptors (Lipinski definition) is 4. The Kier molecular flexibility index (Phi) is 8.31. The van der Waals surface area contributed by atoms with Crippen LogP contribution in [0.4, 0.5) is 0 Å². The van der Waals surface area contributed by atoms with Gasteiger partial charge in [0.15, 0.2) is 0 Å². The lowest BCUT2D eigenvalue weighted by Crippen LogP contribution is -2.28. The van der Waals surface area contributed by atoms with E-state index in [1.165, 1.54) is 0 Å². The summed E-state index contributed by atoms with van der Waals surface area (Å²) in [6.45, 7) is 3.13. The van der Waals surface area contributed by atoms with Crippen LogP contribution in [-0.2, 0) is 22.2 Å². The van der Waals surface area contributed by atoms with E-state index >= 15 is 0 Å². The van der Waals surface area contributed by atoms with Crippen molar-refractivity contribution in [2.24, 2.45) is 0 Å². The van der Waals surface area contributed by atoms with E-state index in [0.29, 0.717) is 23.1 Å². The van der Waals surface area contributed by atoms with Crippen LogP contribution in [-0.4, -0.2) is 23.9 Å². The van der Waals surface area contributed by atoms with Gasteiger partial charge in [0.1, 0.15) is 12.7 Å². The van der Waals surface area contributed by atoms with Crippen LogP contribution >= 0.6 is 31.2 Å². The second-order valence-corrected chi connectivity index (χ2v) is 7.91. The first kappa shape index (κ1) is 20.3. The summed E-state index contributed by atoms with van der Waals surface area (Å²) in [6, 6.07) is 13.2. The van der Waals surface area contributed by atoms with Crippen molar-refractivity contribution in [3.63, 3.8) is 0 Å². The first-order valence-electron chi connectivity index (χ1n) is 7.90. The number of hydrogen-bond donors (Lipinski definition) is 2. The molecule has 2 unspecified atom stereocenters. The van der Waals surface area contributed by atoms with Crippen molar-refractivity contribution in [2.75, 3.05) is 12.7 Å². The number of nitrogens with one attached hydrogen (secondary N) is 1. The second-order valence-electron chi connectivity index (χ2n) is 5.81. The SMILES string of the molecule is Cc1ccc(CO[P+](=O)CC(O)CNCc2ccc(Cl)c(Cl)c2)cc1. The monoisotopic (exact) mass is 400 g/mol. The molecule has 0 radical (unpaired) electrons. The molecule has 2 rings (SSSR count). The molecular formula is C18H21Cl2NO3P+. The Labute approximate surface area is 159 Å². The van der Waals surface area contributed by atoms with Crippen molar-refractivity contribution in [1.29, 1.82) is 0 Å². The van der Waals surface area contributed by atoms with Gasteiger partial charge in [-0.3, -0.25) is 0 Å². The lowest BCUT2D eigenvalue weighted by molar-refractivity contribution is 0.188. The van der Waals surface area contributed by atoms with Crippen molar-refractivity contribution in [3.05, 3.63) is 69.2 Å². The van der Waals surface area contributed by atoms with Crippen molar-refractivity contribution in [1.82, 2.24) is 5.32 Å². The molecule has 2 aromatic carbocycles. The molecule has 0 aliphatic carbocycles. The fourth-order valence-corrected chi connectivity index (χ4v) is 3.35. The maximum absolute atomic E-state index is 11.9. The van der Waals surface area contributed by atoms with Crippen LogP contribution in [0.1, 0.15) is 16.7 Å². The van der Waals surface area contributed by atoms with Gasteiger partial charge < -0.3 is 10.4 Å². The van der Waals surface area contributed by atoms with Gasteiger partial charge in [0, 0.05) is 13.1 Å². The average molecular weight is 401 g/mol. The van der Waals surface area contributed by atoms with E-state index in [2.05, 4.69) is 5.32 Å². The highest BCUT2D eigenvalue weighted by Gasteiger charge is 2.23. The molecule has 0 bridgehead atoms. The lowest BCUT2D eigenvalue weighted by atomic mass is 10.2. The summed E-state index contributed by atoms with van der Waals surface area (Å²) in [7, 11) is -1.91. The molecule has 0 saturated carbocycles. The predicted molar refractivity (Wildman–Crippen MR) is 103 cm³/mol. The maximum Gasteiger partial charge on any atom is 0.511 e. The molecule has 0 heterocycles. The summed E-state index contributed by atoms with van der Waals surface area (Å²) >= 11 is 11.8. The van der Waals surface area contributed by atoms with Crippen LogP contribution in [0.25, 0.3) is 0 Å². The van der Waals surface area contributed by atoms with Gasteiger partial charge in [0.2, 0.25) is 6.16 Å². The standard InChI is InChI=1S/C18H21Cl2NO3P/c1-13-2-4-14(5-3-13)11-24-25(23)12-16(22)10-21-9-15-6-7-17(19)18(20)8-15/h2-8,16,21-22H,9-12H2,1H3/q+1. The zero-order valence-electron chi connectivity index (χ0n) is 13.9. The Hall–Kier alpha value is -1.00. The third kappa shape index (κ3) is 7.41. The highest BCUT2D eigenvalue weighted by atomic mass is 35.5. The minimum Gasteiger partial charge on any atom is -0.387 e. The molecule has 134 valence electrons. The maximum atomic E-state index is 11.9. The first-order chi connectivity index (χ1) is 11.9. The van der Waals surface area contributed by atoms with E-state index in [0.717, 1.165) is 16.7 Å². The molecule has 0 fully saturated rings. The first-order valence-corrected chi connectivity index (χ1v) is 10.0. The van der Waals surface area contributed by atoms with Gasteiger partial charge in [-0.15, -0.1) is 4.52 Å². The van der Waals surface area contributed by atoms with E-state index in [-0.39, 0.29) is 12.8 Å². The number of benzene rings is 2. The fourth-order valence-electron chi connectivity index (χ4n) is 2.15. The average Bonchev–Trinajstić information content (AvgIpc) is 2.57. The molecule has 7 heteroatoms. The fraction of sp³-hybridized carbons (Fsp3) is 0.333. The van der Waals surface area contributed by atoms with E-state index in [1.807, 2.05) is 37.3 Å². The molecular weight excluding hydrogens is 380 g/mol. The van der Waals surface area contributed by atoms with Crippen LogP contribution in [0.15, 0.2) is 42.5 Å². The Morgan fingerprint density at radius 3 is 2.48 bits per heavy atom. The smallest absolute Gasteiger partial charge is 0.387 e. The summed E-state index contributed by atoms with van der Waals surface area (Å²) in [5.41, 5.74) is 3.08. The second kappa shape index (κ2) is 10.2. The van der Waals surface area contributed by atoms with Crippen molar-refractivity contribution in [3.8, 4) is 0 Å². The molecule has 0 spiro atoms. The van der Waals surface area contributed by atoms with E-state index in [4.69, 9.17) is 27.7 Å². The zero-order chi connectivity index (χ0) is 18.2. The van der Waals surface area contributed by atoms with Crippen LogP contribution < -0.4 is 5.32 Å². The number of rotatable bonds is 9. The summed E-state index contributed by atoms with van der Waals surface area (Å²) in [4.78, 5) is 0. The van der Waals surface area contributed by atoms with Crippen LogP contribution in [0.2, 0.25) is 10.0 Å². The highest BCUT2D eigenvalue weighted by Crippen LogP contribution is 2.25. The summed E-state index contributed by atoms with van der Waals surface area (Å²) < 4.78 is 17.2. The van der Waals surface area contributed by atoms with Crippen molar-refractivity contribution < 1.29 is 14.2 Å². The van der Waals surface area contributed by atoms with E-state index in [9.17, 15) is 9.67 Å². The van der Waals surface area contributed by atoms with E-state index < -0.39 is 14.1 Å². The van der Waals surface area contributed by atoms with Crippen LogP contribution in [0.5, 0.6) is 0 Å². The van der Waals surface area contributed by atoms with Gasteiger partial charge in [-0.05, 0) is 34.7 Å². The Morgan fingerprint density at radius 2 is 1.80 bits per heavy atom. The molecule has 0 saturated heterocycles. The van der Waals surface area contributed by atoms with Gasteiger partial charge in [-0.2, -0.15) is 0 Å². The summed E-state index contributed by atoms with van der Waals surface area (Å²) in [5, 5.41) is 14.1. The van der Waals surface area contributed by atoms with Gasteiger partial charge >= 0.3 is 8.03 Å². The molecule has 2 aromatic rings. The Balaban J connectivity index is 1.66. The molecule has 0 amide bonds. The van der Waals surface area contributed by atoms with Gasteiger partial charge in [-0.1, -0.05) is 59.1 Å². The lowest BCUT2D eigenvalue weighted by Gasteiger charge is -2.08. The van der Waals surface area contributed by atoms with Crippen LogP contribution in [0.3, 0.4) is 0 Å². The molecule has 0 aliphatic heterocycles. The van der Waals surface area contributed by atoms with Gasteiger partial charge in [0.05, 0.1) is 10.0 Å². The third-order valence-electron chi connectivity index (χ3n) is 3.55. The third-order valence-corrected chi connectivity index (χ3v) is 5.42. The number of aliphatic hydroxyl groups excluding tert-OH is 1. The number of aliphatic hydroxyl groups is 1. The largest absolute Gasteiger partial charge is 0.511 e. The van der Waals surface area contributed by atoms with Gasteiger partial charge in [-0.25, -0.2) is 0 Å².